The second-order valence-electron chi connectivity index (χ2n) is 4.44. The van der Waals surface area contributed by atoms with Gasteiger partial charge in [0, 0.05) is 31.8 Å². The van der Waals surface area contributed by atoms with E-state index in [2.05, 4.69) is 4.98 Å². The lowest BCUT2D eigenvalue weighted by atomic mass is 10.2. The molecule has 0 N–H and O–H groups in total. The number of aromatic nitrogens is 1. The van der Waals surface area contributed by atoms with Crippen LogP contribution in [0.1, 0.15) is 10.4 Å². The van der Waals surface area contributed by atoms with Crippen LogP contribution in [0, 0.1) is 10.1 Å². The smallest absolute Gasteiger partial charge is 0.287 e. The fourth-order valence-electron chi connectivity index (χ4n) is 1.61. The van der Waals surface area contributed by atoms with Gasteiger partial charge in [-0.15, -0.1) is 0 Å². The van der Waals surface area contributed by atoms with Gasteiger partial charge >= 0.3 is 0 Å². The zero-order valence-corrected chi connectivity index (χ0v) is 11.5. The van der Waals surface area contributed by atoms with Gasteiger partial charge in [-0.3, -0.25) is 14.9 Å². The molecule has 0 saturated heterocycles. The Kier molecular flexibility index (Phi) is 4.13. The van der Waals surface area contributed by atoms with Crippen molar-refractivity contribution in [2.24, 2.45) is 0 Å². The number of rotatable bonds is 4. The van der Waals surface area contributed by atoms with Crippen LogP contribution >= 0.6 is 0 Å². The van der Waals surface area contributed by atoms with Gasteiger partial charge in [0.25, 0.3) is 11.6 Å². The molecular formula is C14H13N3O4. The average molecular weight is 287 g/mol. The van der Waals surface area contributed by atoms with Crippen molar-refractivity contribution in [3.05, 3.63) is 58.3 Å². The van der Waals surface area contributed by atoms with Gasteiger partial charge in [-0.1, -0.05) is 6.07 Å². The first-order valence-corrected chi connectivity index (χ1v) is 6.07. The molecule has 0 bridgehead atoms. The van der Waals surface area contributed by atoms with E-state index in [9.17, 15) is 14.9 Å². The third-order valence-corrected chi connectivity index (χ3v) is 2.64. The van der Waals surface area contributed by atoms with Crippen LogP contribution in [0.3, 0.4) is 0 Å². The Balaban J connectivity index is 2.18. The van der Waals surface area contributed by atoms with E-state index < -0.39 is 4.92 Å². The Bertz CT molecular complexity index is 668. The summed E-state index contributed by atoms with van der Waals surface area (Å²) in [5.41, 5.74) is 0.373. The number of nitro groups is 1. The fourth-order valence-corrected chi connectivity index (χ4v) is 1.61. The molecule has 7 nitrogen and oxygen atoms in total. The molecule has 108 valence electrons. The van der Waals surface area contributed by atoms with Crippen LogP contribution in [-0.2, 0) is 0 Å². The fraction of sp³-hybridized carbons (Fsp3) is 0.143. The summed E-state index contributed by atoms with van der Waals surface area (Å²) in [6.07, 6.45) is 1.12. The summed E-state index contributed by atoms with van der Waals surface area (Å²) in [5.74, 6) is 0.510. The van der Waals surface area contributed by atoms with E-state index in [1.807, 2.05) is 0 Å². The molecule has 0 aliphatic carbocycles. The van der Waals surface area contributed by atoms with Crippen LogP contribution in [0.5, 0.6) is 11.6 Å². The Morgan fingerprint density at radius 2 is 2.05 bits per heavy atom. The minimum atomic E-state index is -0.535. The lowest BCUT2D eigenvalue weighted by Crippen LogP contribution is -2.21. The summed E-state index contributed by atoms with van der Waals surface area (Å²) in [6.45, 7) is 0. The van der Waals surface area contributed by atoms with Gasteiger partial charge in [-0.25, -0.2) is 4.98 Å². The summed E-state index contributed by atoms with van der Waals surface area (Å²) in [7, 11) is 3.32. The minimum absolute atomic E-state index is 0.112. The third-order valence-electron chi connectivity index (χ3n) is 2.64. The van der Waals surface area contributed by atoms with E-state index in [0.29, 0.717) is 11.3 Å². The summed E-state index contributed by atoms with van der Waals surface area (Å²) < 4.78 is 5.48. The predicted octanol–water partition coefficient (Wildman–Crippen LogP) is 2.48. The maximum atomic E-state index is 11.8. The second kappa shape index (κ2) is 6.00. The molecule has 21 heavy (non-hydrogen) atoms. The molecule has 2 aromatic rings. The van der Waals surface area contributed by atoms with Crippen molar-refractivity contribution in [3.8, 4) is 11.6 Å². The molecule has 0 aliphatic heterocycles. The molecule has 1 heterocycles. The van der Waals surface area contributed by atoms with Crippen LogP contribution in [0.4, 0.5) is 5.69 Å². The van der Waals surface area contributed by atoms with Crippen LogP contribution < -0.4 is 4.74 Å². The number of benzene rings is 1. The highest BCUT2D eigenvalue weighted by atomic mass is 16.6. The Morgan fingerprint density at radius 1 is 1.29 bits per heavy atom. The number of pyridine rings is 1. The second-order valence-corrected chi connectivity index (χ2v) is 4.44. The first-order chi connectivity index (χ1) is 9.97. The molecule has 1 aromatic heterocycles. The largest absolute Gasteiger partial charge is 0.439 e. The van der Waals surface area contributed by atoms with E-state index in [4.69, 9.17) is 4.74 Å². The highest BCUT2D eigenvalue weighted by Gasteiger charge is 2.10. The molecule has 1 aromatic carbocycles. The molecule has 0 spiro atoms. The normalized spacial score (nSPS) is 10.0. The van der Waals surface area contributed by atoms with Crippen molar-refractivity contribution >= 4 is 11.6 Å². The lowest BCUT2D eigenvalue weighted by Gasteiger charge is -2.11. The van der Waals surface area contributed by atoms with E-state index >= 15 is 0 Å². The zero-order valence-electron chi connectivity index (χ0n) is 11.5. The minimum Gasteiger partial charge on any atom is -0.439 e. The number of hydrogen-bond acceptors (Lipinski definition) is 5. The maximum absolute atomic E-state index is 11.8. The van der Waals surface area contributed by atoms with Crippen molar-refractivity contribution in [1.82, 2.24) is 9.88 Å². The van der Waals surface area contributed by atoms with E-state index in [0.717, 1.165) is 6.20 Å². The molecule has 0 radical (unpaired) electrons. The van der Waals surface area contributed by atoms with Crippen molar-refractivity contribution in [1.29, 1.82) is 0 Å². The number of amides is 1. The molecule has 0 unspecified atom stereocenters. The van der Waals surface area contributed by atoms with Crippen LogP contribution in [-0.4, -0.2) is 34.8 Å². The van der Waals surface area contributed by atoms with E-state index in [1.165, 1.54) is 17.0 Å². The average Bonchev–Trinajstić information content (AvgIpc) is 2.47. The van der Waals surface area contributed by atoms with E-state index in [-0.39, 0.29) is 17.5 Å². The van der Waals surface area contributed by atoms with Crippen LogP contribution in [0.2, 0.25) is 0 Å². The number of carbonyl (C=O) groups excluding carboxylic acids is 1. The summed E-state index contributed by atoms with van der Waals surface area (Å²) in [5, 5.41) is 10.5. The van der Waals surface area contributed by atoms with Crippen LogP contribution in [0.15, 0.2) is 42.6 Å². The summed E-state index contributed by atoms with van der Waals surface area (Å²) in [6, 6.07) is 9.34. The Morgan fingerprint density at radius 3 is 2.62 bits per heavy atom. The first kappa shape index (κ1) is 14.4. The standard InChI is InChI=1S/C14H13N3O4/c1-16(2)14(18)10-4-3-5-12(8-10)21-13-7-6-11(9-15-13)17(19)20/h3-9H,1-2H3. The van der Waals surface area contributed by atoms with Crippen LogP contribution in [0.25, 0.3) is 0 Å². The molecule has 0 saturated carbocycles. The maximum Gasteiger partial charge on any atom is 0.287 e. The van der Waals surface area contributed by atoms with Gasteiger partial charge in [0.2, 0.25) is 5.88 Å². The molecule has 7 heteroatoms. The van der Waals surface area contributed by atoms with Gasteiger partial charge in [0.05, 0.1) is 4.92 Å². The zero-order chi connectivity index (χ0) is 15.4. The van der Waals surface area contributed by atoms with Gasteiger partial charge in [-0.2, -0.15) is 0 Å². The first-order valence-electron chi connectivity index (χ1n) is 6.07. The van der Waals surface area contributed by atoms with E-state index in [1.54, 1.807) is 38.4 Å². The number of carbonyl (C=O) groups is 1. The number of ether oxygens (including phenoxy) is 1. The Labute approximate surface area is 120 Å². The molecule has 0 atom stereocenters. The molecule has 2 rings (SSSR count). The highest BCUT2D eigenvalue weighted by Crippen LogP contribution is 2.22. The number of hydrogen-bond donors (Lipinski definition) is 0. The van der Waals surface area contributed by atoms with Crippen molar-refractivity contribution in [2.75, 3.05) is 14.1 Å². The monoisotopic (exact) mass is 287 g/mol. The number of nitrogens with zero attached hydrogens (tertiary/aromatic N) is 3. The highest BCUT2D eigenvalue weighted by molar-refractivity contribution is 5.94. The van der Waals surface area contributed by atoms with Gasteiger partial charge < -0.3 is 9.64 Å². The van der Waals surface area contributed by atoms with Crippen molar-refractivity contribution < 1.29 is 14.5 Å². The lowest BCUT2D eigenvalue weighted by molar-refractivity contribution is -0.385. The molecular weight excluding hydrogens is 274 g/mol. The summed E-state index contributed by atoms with van der Waals surface area (Å²) in [4.78, 5) is 27.2. The van der Waals surface area contributed by atoms with Gasteiger partial charge in [0.15, 0.2) is 0 Å². The Hall–Kier alpha value is -2.96. The topological polar surface area (TPSA) is 85.6 Å². The van der Waals surface area contributed by atoms with Gasteiger partial charge in [0.1, 0.15) is 11.9 Å². The summed E-state index contributed by atoms with van der Waals surface area (Å²) >= 11 is 0. The third kappa shape index (κ3) is 3.53. The van der Waals surface area contributed by atoms with Crippen molar-refractivity contribution in [3.63, 3.8) is 0 Å². The quantitative estimate of drug-likeness (QED) is 0.637. The molecule has 0 fully saturated rings. The van der Waals surface area contributed by atoms with Gasteiger partial charge in [-0.05, 0) is 18.2 Å². The predicted molar refractivity (Wildman–Crippen MR) is 75.4 cm³/mol. The molecule has 0 aliphatic rings. The SMILES string of the molecule is CN(C)C(=O)c1cccc(Oc2ccc([N+](=O)[O-])cn2)c1. The molecule has 1 amide bonds. The van der Waals surface area contributed by atoms with Crippen molar-refractivity contribution in [2.45, 2.75) is 0 Å².